The molecular formula is C27H42O6. The molecule has 10 atom stereocenters. The van der Waals surface area contributed by atoms with Gasteiger partial charge in [-0.1, -0.05) is 13.8 Å². The van der Waals surface area contributed by atoms with E-state index in [1.54, 1.807) is 7.11 Å². The maximum atomic E-state index is 12.2. The quantitative estimate of drug-likeness (QED) is 0.555. The fourth-order valence-corrected chi connectivity index (χ4v) is 9.73. The van der Waals surface area contributed by atoms with Crippen LogP contribution in [0.2, 0.25) is 0 Å². The largest absolute Gasteiger partial charge is 0.469 e. The molecule has 1 heterocycles. The van der Waals surface area contributed by atoms with Gasteiger partial charge in [-0.3, -0.25) is 9.59 Å². The number of carbonyl (C=O) groups is 2. The molecule has 0 N–H and O–H groups in total. The first-order valence-electron chi connectivity index (χ1n) is 13.1. The zero-order valence-electron chi connectivity index (χ0n) is 21.1. The molecule has 0 amide bonds. The molecule has 5 aliphatic rings. The molecule has 0 radical (unpaired) electrons. The van der Waals surface area contributed by atoms with E-state index in [0.29, 0.717) is 30.1 Å². The highest BCUT2D eigenvalue weighted by Gasteiger charge is 2.72. The van der Waals surface area contributed by atoms with Crippen molar-refractivity contribution in [2.45, 2.75) is 103 Å². The normalized spacial score (nSPS) is 50.5. The van der Waals surface area contributed by atoms with Crippen LogP contribution >= 0.6 is 0 Å². The molecule has 186 valence electrons. The van der Waals surface area contributed by atoms with E-state index in [9.17, 15) is 9.59 Å². The van der Waals surface area contributed by atoms with Gasteiger partial charge in [0.1, 0.15) is 6.10 Å². The maximum Gasteiger partial charge on any atom is 0.305 e. The zero-order chi connectivity index (χ0) is 23.6. The Kier molecular flexibility index (Phi) is 5.88. The fraction of sp³-hybridized carbons (Fsp3) is 0.926. The van der Waals surface area contributed by atoms with Gasteiger partial charge in [-0.05, 0) is 86.9 Å². The minimum absolute atomic E-state index is 0.0609. The lowest BCUT2D eigenvalue weighted by atomic mass is 9.42. The third kappa shape index (κ3) is 3.33. The molecule has 5 rings (SSSR count). The Balaban J connectivity index is 1.42. The number of ether oxygens (including phenoxy) is 4. The summed E-state index contributed by atoms with van der Waals surface area (Å²) in [6.45, 7) is 6.49. The zero-order valence-corrected chi connectivity index (χ0v) is 21.1. The first kappa shape index (κ1) is 23.6. The van der Waals surface area contributed by atoms with Gasteiger partial charge in [0, 0.05) is 25.4 Å². The Bertz CT molecular complexity index is 797. The second-order valence-electron chi connectivity index (χ2n) is 12.2. The number of fused-ring (bicyclic) bond motifs is 3. The van der Waals surface area contributed by atoms with Gasteiger partial charge in [0.15, 0.2) is 6.29 Å². The molecular weight excluding hydrogens is 420 g/mol. The summed E-state index contributed by atoms with van der Waals surface area (Å²) in [5, 5.41) is 0. The van der Waals surface area contributed by atoms with Crippen molar-refractivity contribution >= 4 is 11.9 Å². The van der Waals surface area contributed by atoms with Crippen molar-refractivity contribution in [3.05, 3.63) is 0 Å². The number of rotatable bonds is 4. The Labute approximate surface area is 198 Å². The van der Waals surface area contributed by atoms with E-state index in [4.69, 9.17) is 18.9 Å². The third-order valence-corrected chi connectivity index (χ3v) is 11.2. The van der Waals surface area contributed by atoms with E-state index < -0.39 is 0 Å². The minimum Gasteiger partial charge on any atom is -0.469 e. The van der Waals surface area contributed by atoms with E-state index in [0.717, 1.165) is 38.5 Å². The number of carbonyl (C=O) groups excluding carboxylic acids is 2. The summed E-state index contributed by atoms with van der Waals surface area (Å²) in [5.74, 6) is 1.96. The van der Waals surface area contributed by atoms with Crippen LogP contribution in [0, 0.1) is 40.4 Å². The Morgan fingerprint density at radius 3 is 2.39 bits per heavy atom. The van der Waals surface area contributed by atoms with Crippen molar-refractivity contribution in [1.29, 1.82) is 0 Å². The summed E-state index contributed by atoms with van der Waals surface area (Å²) in [5.41, 5.74) is 0.205. The van der Waals surface area contributed by atoms with E-state index in [2.05, 4.69) is 13.8 Å². The third-order valence-electron chi connectivity index (χ3n) is 11.2. The van der Waals surface area contributed by atoms with Gasteiger partial charge in [0.2, 0.25) is 0 Å². The summed E-state index contributed by atoms with van der Waals surface area (Å²) in [6.07, 6.45) is 10.2. The molecule has 4 saturated carbocycles. The van der Waals surface area contributed by atoms with Crippen LogP contribution in [0.4, 0.5) is 0 Å². The summed E-state index contributed by atoms with van der Waals surface area (Å²) in [4.78, 5) is 23.8. The average molecular weight is 463 g/mol. The fourth-order valence-electron chi connectivity index (χ4n) is 9.73. The Hall–Kier alpha value is -1.14. The van der Waals surface area contributed by atoms with Crippen LogP contribution in [0.1, 0.15) is 85.0 Å². The Morgan fingerprint density at radius 1 is 0.939 bits per heavy atom. The second-order valence-corrected chi connectivity index (χ2v) is 12.2. The second kappa shape index (κ2) is 8.22. The molecule has 33 heavy (non-hydrogen) atoms. The molecule has 6 heteroatoms. The lowest BCUT2D eigenvalue weighted by Gasteiger charge is -2.67. The van der Waals surface area contributed by atoms with Gasteiger partial charge in [0.25, 0.3) is 0 Å². The van der Waals surface area contributed by atoms with Gasteiger partial charge in [-0.25, -0.2) is 0 Å². The summed E-state index contributed by atoms with van der Waals surface area (Å²) in [7, 11) is 3.19. The monoisotopic (exact) mass is 462 g/mol. The molecule has 1 saturated heterocycles. The van der Waals surface area contributed by atoms with Crippen LogP contribution in [0.3, 0.4) is 0 Å². The molecule has 1 aliphatic heterocycles. The van der Waals surface area contributed by atoms with Crippen molar-refractivity contribution in [3.8, 4) is 0 Å². The van der Waals surface area contributed by atoms with Crippen molar-refractivity contribution in [2.75, 3.05) is 14.2 Å². The highest BCUT2D eigenvalue weighted by molar-refractivity contribution is 5.69. The maximum absolute atomic E-state index is 12.2. The van der Waals surface area contributed by atoms with Gasteiger partial charge < -0.3 is 18.9 Å². The molecule has 2 bridgehead atoms. The molecule has 5 fully saturated rings. The van der Waals surface area contributed by atoms with E-state index >= 15 is 0 Å². The lowest BCUT2D eigenvalue weighted by Crippen LogP contribution is -2.67. The molecule has 0 aromatic rings. The van der Waals surface area contributed by atoms with Crippen LogP contribution in [0.25, 0.3) is 0 Å². The number of hydrogen-bond acceptors (Lipinski definition) is 6. The number of esters is 2. The highest BCUT2D eigenvalue weighted by atomic mass is 16.7. The first-order chi connectivity index (χ1) is 15.7. The van der Waals surface area contributed by atoms with Gasteiger partial charge in [-0.2, -0.15) is 0 Å². The molecule has 0 spiro atoms. The van der Waals surface area contributed by atoms with Crippen molar-refractivity contribution in [2.24, 2.45) is 40.4 Å². The highest BCUT2D eigenvalue weighted by Crippen LogP contribution is 2.73. The van der Waals surface area contributed by atoms with Crippen LogP contribution in [-0.2, 0) is 28.5 Å². The van der Waals surface area contributed by atoms with Crippen LogP contribution in [0.5, 0.6) is 0 Å². The van der Waals surface area contributed by atoms with Gasteiger partial charge >= 0.3 is 11.9 Å². The van der Waals surface area contributed by atoms with E-state index in [1.807, 2.05) is 0 Å². The average Bonchev–Trinajstić information content (AvgIpc) is 2.97. The first-order valence-corrected chi connectivity index (χ1v) is 13.1. The summed E-state index contributed by atoms with van der Waals surface area (Å²) < 4.78 is 23.6. The van der Waals surface area contributed by atoms with Crippen LogP contribution in [0.15, 0.2) is 0 Å². The minimum atomic E-state index is -0.339. The molecule has 0 aromatic heterocycles. The van der Waals surface area contributed by atoms with E-state index in [-0.39, 0.29) is 46.7 Å². The van der Waals surface area contributed by atoms with E-state index in [1.165, 1.54) is 33.3 Å². The lowest BCUT2D eigenvalue weighted by molar-refractivity contribution is -0.338. The smallest absolute Gasteiger partial charge is 0.305 e. The Morgan fingerprint density at radius 2 is 1.70 bits per heavy atom. The predicted octanol–water partition coefficient (Wildman–Crippen LogP) is 4.88. The van der Waals surface area contributed by atoms with Crippen LogP contribution in [-0.4, -0.2) is 44.2 Å². The summed E-state index contributed by atoms with van der Waals surface area (Å²) >= 11 is 0. The van der Waals surface area contributed by atoms with Gasteiger partial charge in [-0.15, -0.1) is 0 Å². The van der Waals surface area contributed by atoms with Crippen LogP contribution < -0.4 is 0 Å². The van der Waals surface area contributed by atoms with Crippen molar-refractivity contribution in [1.82, 2.24) is 0 Å². The topological polar surface area (TPSA) is 71.1 Å². The molecule has 6 nitrogen and oxygen atoms in total. The SMILES string of the molecule is COC(=O)C[C@@H]1[C@H](OC)O[C@@]23CC[C@H]1[C@@]2(C)CC[C@H]1[C@H]3CC[C@H]2C[C@@H](OC(C)=O)CC[C@@]21C. The summed E-state index contributed by atoms with van der Waals surface area (Å²) in [6, 6.07) is 0. The van der Waals surface area contributed by atoms with Crippen molar-refractivity contribution in [3.63, 3.8) is 0 Å². The number of hydrogen-bond donors (Lipinski definition) is 0. The molecule has 4 aliphatic carbocycles. The standard InChI is InChI=1S/C27H42O6/c1-16(28)32-18-8-11-25(2)17(14-18)6-7-22-21(25)9-12-26(3)20-10-13-27(22,26)33-24(31-5)19(20)15-23(29)30-4/h17-22,24H,6-15H2,1-5H3/t17-,18-,19-,20+,21-,22+,24+,25-,26+,27+/m0/s1. The number of methoxy groups -OCH3 is 2. The van der Waals surface area contributed by atoms with Crippen molar-refractivity contribution < 1.29 is 28.5 Å². The predicted molar refractivity (Wildman–Crippen MR) is 122 cm³/mol. The van der Waals surface area contributed by atoms with Gasteiger partial charge in [0.05, 0.1) is 19.1 Å². The molecule has 0 unspecified atom stereocenters. The molecule has 0 aromatic carbocycles.